The third-order valence-corrected chi connectivity index (χ3v) is 2.07. The minimum absolute atomic E-state index is 0.336. The molecule has 1 aliphatic rings. The van der Waals surface area contributed by atoms with Crippen LogP contribution in [-0.2, 0) is 4.79 Å². The average molecular weight is 166 g/mol. The van der Waals surface area contributed by atoms with Crippen LogP contribution in [0.3, 0.4) is 0 Å². The maximum Gasteiger partial charge on any atom is 0.158 e. The second kappa shape index (κ2) is 5.76. The van der Waals surface area contributed by atoms with E-state index in [-0.39, 0.29) is 0 Å². The molecule has 1 aliphatic carbocycles. The standard InChI is InChI=1S/C7H10O.C4H8/c1-5-3-4-7(8)6(5)2;1-3-4-2/h3-4H2,1-2H3;3H,1,4H2,2H3. The largest absolute Gasteiger partial charge is 0.295 e. The van der Waals surface area contributed by atoms with Crippen LogP contribution in [0.25, 0.3) is 0 Å². The van der Waals surface area contributed by atoms with Crippen molar-refractivity contribution in [3.8, 4) is 0 Å². The van der Waals surface area contributed by atoms with Gasteiger partial charge in [-0.05, 0) is 32.3 Å². The Morgan fingerprint density at radius 1 is 1.42 bits per heavy atom. The van der Waals surface area contributed by atoms with E-state index in [1.54, 1.807) is 0 Å². The highest BCUT2D eigenvalue weighted by Crippen LogP contribution is 2.20. The van der Waals surface area contributed by atoms with E-state index in [2.05, 4.69) is 13.5 Å². The summed E-state index contributed by atoms with van der Waals surface area (Å²) in [7, 11) is 0. The molecule has 0 N–H and O–H groups in total. The number of carbonyl (C=O) groups is 1. The van der Waals surface area contributed by atoms with Crippen LogP contribution in [0.5, 0.6) is 0 Å². The van der Waals surface area contributed by atoms with Crippen LogP contribution < -0.4 is 0 Å². The second-order valence-corrected chi connectivity index (χ2v) is 3.03. The fourth-order valence-corrected chi connectivity index (χ4v) is 0.914. The molecule has 0 unspecified atom stereocenters. The molecule has 0 aliphatic heterocycles. The van der Waals surface area contributed by atoms with Gasteiger partial charge in [0.15, 0.2) is 5.78 Å². The Balaban J connectivity index is 0.000000261. The number of allylic oxidation sites excluding steroid dienone is 3. The quantitative estimate of drug-likeness (QED) is 0.546. The Hall–Kier alpha value is -0.850. The average Bonchev–Trinajstić information content (AvgIpc) is 2.37. The molecule has 0 aromatic heterocycles. The Morgan fingerprint density at radius 2 is 1.92 bits per heavy atom. The van der Waals surface area contributed by atoms with Gasteiger partial charge < -0.3 is 0 Å². The first-order valence-electron chi connectivity index (χ1n) is 4.43. The maximum atomic E-state index is 10.7. The Morgan fingerprint density at radius 3 is 2.00 bits per heavy atom. The maximum absolute atomic E-state index is 10.7. The molecular weight excluding hydrogens is 148 g/mol. The molecule has 0 amide bonds. The topological polar surface area (TPSA) is 17.1 Å². The number of hydrogen-bond donors (Lipinski definition) is 0. The molecule has 0 fully saturated rings. The Kier molecular flexibility index (Phi) is 5.35. The summed E-state index contributed by atoms with van der Waals surface area (Å²) in [6.45, 7) is 9.48. The van der Waals surface area contributed by atoms with Crippen molar-refractivity contribution in [2.45, 2.75) is 40.0 Å². The van der Waals surface area contributed by atoms with E-state index in [0.29, 0.717) is 5.78 Å². The van der Waals surface area contributed by atoms with Gasteiger partial charge in [-0.25, -0.2) is 0 Å². The molecule has 12 heavy (non-hydrogen) atoms. The van der Waals surface area contributed by atoms with Crippen LogP contribution in [0.2, 0.25) is 0 Å². The zero-order valence-corrected chi connectivity index (χ0v) is 8.31. The lowest BCUT2D eigenvalue weighted by molar-refractivity contribution is -0.114. The van der Waals surface area contributed by atoms with E-state index < -0.39 is 0 Å². The molecule has 0 aromatic carbocycles. The SMILES string of the molecule is C=CCC.CC1=C(C)C(=O)CC1. The van der Waals surface area contributed by atoms with Gasteiger partial charge in [-0.3, -0.25) is 4.79 Å². The number of Topliss-reactive ketones (excluding diaryl/α,β-unsaturated/α-hetero) is 1. The summed E-state index contributed by atoms with van der Waals surface area (Å²) in [6, 6.07) is 0. The predicted molar refractivity (Wildman–Crippen MR) is 53.1 cm³/mol. The van der Waals surface area contributed by atoms with Crippen molar-refractivity contribution in [1.29, 1.82) is 0 Å². The van der Waals surface area contributed by atoms with Crippen LogP contribution in [0.4, 0.5) is 0 Å². The lowest BCUT2D eigenvalue weighted by Gasteiger charge is -1.86. The molecule has 1 nitrogen and oxygen atoms in total. The van der Waals surface area contributed by atoms with Crippen LogP contribution in [0.15, 0.2) is 23.8 Å². The molecule has 0 heterocycles. The lowest BCUT2D eigenvalue weighted by atomic mass is 10.2. The van der Waals surface area contributed by atoms with Crippen molar-refractivity contribution in [2.75, 3.05) is 0 Å². The first kappa shape index (κ1) is 11.2. The smallest absolute Gasteiger partial charge is 0.158 e. The number of ketones is 1. The zero-order valence-electron chi connectivity index (χ0n) is 8.31. The van der Waals surface area contributed by atoms with Gasteiger partial charge in [0, 0.05) is 6.42 Å². The normalized spacial score (nSPS) is 15.8. The molecule has 0 radical (unpaired) electrons. The summed E-state index contributed by atoms with van der Waals surface area (Å²) in [6.07, 6.45) is 4.70. The third kappa shape index (κ3) is 3.51. The van der Waals surface area contributed by atoms with Crippen molar-refractivity contribution in [1.82, 2.24) is 0 Å². The van der Waals surface area contributed by atoms with Gasteiger partial charge >= 0.3 is 0 Å². The first-order valence-corrected chi connectivity index (χ1v) is 4.43. The molecule has 0 saturated carbocycles. The lowest BCUT2D eigenvalue weighted by Crippen LogP contribution is -1.89. The van der Waals surface area contributed by atoms with Gasteiger partial charge in [0.1, 0.15) is 0 Å². The first-order chi connectivity index (χ1) is 5.63. The summed E-state index contributed by atoms with van der Waals surface area (Å²) >= 11 is 0. The fraction of sp³-hybridized carbons (Fsp3) is 0.545. The van der Waals surface area contributed by atoms with Crippen molar-refractivity contribution in [3.63, 3.8) is 0 Å². The molecule has 0 atom stereocenters. The summed E-state index contributed by atoms with van der Waals surface area (Å²) in [5.74, 6) is 0.336. The number of carbonyl (C=O) groups excluding carboxylic acids is 1. The summed E-state index contributed by atoms with van der Waals surface area (Å²) in [5.41, 5.74) is 2.26. The van der Waals surface area contributed by atoms with Crippen LogP contribution in [0.1, 0.15) is 40.0 Å². The summed E-state index contributed by atoms with van der Waals surface area (Å²) in [4.78, 5) is 10.7. The van der Waals surface area contributed by atoms with Gasteiger partial charge in [-0.1, -0.05) is 18.6 Å². The Labute approximate surface area is 75.2 Å². The highest BCUT2D eigenvalue weighted by Gasteiger charge is 2.14. The van der Waals surface area contributed by atoms with E-state index in [4.69, 9.17) is 0 Å². The van der Waals surface area contributed by atoms with Crippen LogP contribution >= 0.6 is 0 Å². The van der Waals surface area contributed by atoms with E-state index in [0.717, 1.165) is 24.8 Å². The Bertz CT molecular complexity index is 199. The molecule has 1 heteroatoms. The van der Waals surface area contributed by atoms with Crippen molar-refractivity contribution < 1.29 is 4.79 Å². The highest BCUT2D eigenvalue weighted by molar-refractivity contribution is 5.97. The summed E-state index contributed by atoms with van der Waals surface area (Å²) in [5, 5.41) is 0. The van der Waals surface area contributed by atoms with Crippen LogP contribution in [0, 0.1) is 0 Å². The molecule has 0 aromatic rings. The number of rotatable bonds is 1. The zero-order chi connectivity index (χ0) is 9.56. The van der Waals surface area contributed by atoms with Gasteiger partial charge in [0.2, 0.25) is 0 Å². The van der Waals surface area contributed by atoms with Crippen molar-refractivity contribution >= 4 is 5.78 Å². The van der Waals surface area contributed by atoms with Crippen molar-refractivity contribution in [3.05, 3.63) is 23.8 Å². The monoisotopic (exact) mass is 166 g/mol. The van der Waals surface area contributed by atoms with Crippen LogP contribution in [-0.4, -0.2) is 5.78 Å². The van der Waals surface area contributed by atoms with Gasteiger partial charge in [-0.15, -0.1) is 6.58 Å². The molecule has 0 saturated heterocycles. The molecule has 0 spiro atoms. The molecule has 0 bridgehead atoms. The predicted octanol–water partition coefficient (Wildman–Crippen LogP) is 3.27. The fourth-order valence-electron chi connectivity index (χ4n) is 0.914. The third-order valence-electron chi connectivity index (χ3n) is 2.07. The molecule has 68 valence electrons. The van der Waals surface area contributed by atoms with E-state index in [9.17, 15) is 4.79 Å². The number of hydrogen-bond acceptors (Lipinski definition) is 1. The molecular formula is C11H18O. The van der Waals surface area contributed by atoms with Crippen molar-refractivity contribution in [2.24, 2.45) is 0 Å². The van der Waals surface area contributed by atoms with Gasteiger partial charge in [0.25, 0.3) is 0 Å². The minimum atomic E-state index is 0.336. The summed E-state index contributed by atoms with van der Waals surface area (Å²) < 4.78 is 0. The second-order valence-electron chi connectivity index (χ2n) is 3.03. The molecule has 1 rings (SSSR count). The minimum Gasteiger partial charge on any atom is -0.295 e. The van der Waals surface area contributed by atoms with E-state index >= 15 is 0 Å². The van der Waals surface area contributed by atoms with E-state index in [1.807, 2.05) is 19.9 Å². The van der Waals surface area contributed by atoms with Gasteiger partial charge in [-0.2, -0.15) is 0 Å². The van der Waals surface area contributed by atoms with Gasteiger partial charge in [0.05, 0.1) is 0 Å². The highest BCUT2D eigenvalue weighted by atomic mass is 16.1. The van der Waals surface area contributed by atoms with E-state index in [1.165, 1.54) is 5.57 Å².